The van der Waals surface area contributed by atoms with E-state index in [1.807, 2.05) is 44.2 Å². The molecule has 26 heavy (non-hydrogen) atoms. The lowest BCUT2D eigenvalue weighted by Gasteiger charge is -2.07. The molecule has 0 radical (unpaired) electrons. The van der Waals surface area contributed by atoms with Crippen LogP contribution < -0.4 is 0 Å². The minimum atomic E-state index is 0.100. The van der Waals surface area contributed by atoms with Gasteiger partial charge >= 0.3 is 0 Å². The van der Waals surface area contributed by atoms with Crippen LogP contribution in [0.5, 0.6) is 0 Å². The lowest BCUT2D eigenvalue weighted by Crippen LogP contribution is -2.06. The second-order valence-electron chi connectivity index (χ2n) is 6.12. The first-order valence-electron chi connectivity index (χ1n) is 8.50. The Bertz CT molecular complexity index is 914. The second kappa shape index (κ2) is 8.10. The fourth-order valence-corrected chi connectivity index (χ4v) is 3.71. The highest BCUT2D eigenvalue weighted by molar-refractivity contribution is 7.99. The Hall–Kier alpha value is -2.05. The van der Waals surface area contributed by atoms with E-state index in [0.717, 1.165) is 35.5 Å². The van der Waals surface area contributed by atoms with E-state index in [-0.39, 0.29) is 5.78 Å². The minimum Gasteiger partial charge on any atom is -0.348 e. The Morgan fingerprint density at radius 2 is 2.00 bits per heavy atom. The standard InChI is InChI=1S/C19H21ClN4OS/c1-4-9-24-12(2)10-16(13(24)3)17(25)11-26-19-21-18(22-23-19)14-5-7-15(20)8-6-14/h5-8,10H,4,9,11H2,1-3H3,(H,21,22,23). The van der Waals surface area contributed by atoms with E-state index in [4.69, 9.17) is 11.6 Å². The van der Waals surface area contributed by atoms with Crippen LogP contribution in [-0.4, -0.2) is 31.3 Å². The number of nitrogens with zero attached hydrogens (tertiary/aromatic N) is 3. The molecule has 7 heteroatoms. The van der Waals surface area contributed by atoms with Gasteiger partial charge in [-0.15, -0.1) is 5.10 Å². The number of hydrogen-bond donors (Lipinski definition) is 1. The predicted molar refractivity (Wildman–Crippen MR) is 106 cm³/mol. The molecule has 136 valence electrons. The first-order valence-corrected chi connectivity index (χ1v) is 9.87. The third kappa shape index (κ3) is 4.02. The average molecular weight is 389 g/mol. The van der Waals surface area contributed by atoms with Gasteiger partial charge in [-0.2, -0.15) is 0 Å². The van der Waals surface area contributed by atoms with Crippen LogP contribution in [0.15, 0.2) is 35.5 Å². The number of aromatic amines is 1. The third-order valence-electron chi connectivity index (χ3n) is 4.24. The molecule has 2 heterocycles. The summed E-state index contributed by atoms with van der Waals surface area (Å²) < 4.78 is 2.20. The van der Waals surface area contributed by atoms with E-state index in [2.05, 4.69) is 26.7 Å². The number of hydrogen-bond acceptors (Lipinski definition) is 4. The molecule has 0 aliphatic carbocycles. The predicted octanol–water partition coefficient (Wildman–Crippen LogP) is 4.93. The molecule has 0 unspecified atom stereocenters. The Kier molecular flexibility index (Phi) is 5.84. The van der Waals surface area contributed by atoms with Crippen molar-refractivity contribution in [2.45, 2.75) is 38.9 Å². The van der Waals surface area contributed by atoms with Gasteiger partial charge in [-0.25, -0.2) is 4.98 Å². The van der Waals surface area contributed by atoms with Gasteiger partial charge in [-0.05, 0) is 50.6 Å². The Balaban J connectivity index is 1.67. The molecule has 0 aliphatic heterocycles. The molecule has 1 aromatic carbocycles. The van der Waals surface area contributed by atoms with Gasteiger partial charge in [-0.1, -0.05) is 30.3 Å². The molecule has 0 amide bonds. The van der Waals surface area contributed by atoms with E-state index < -0.39 is 0 Å². The fourth-order valence-electron chi connectivity index (χ4n) is 2.91. The number of aryl methyl sites for hydroxylation is 1. The summed E-state index contributed by atoms with van der Waals surface area (Å²) >= 11 is 7.24. The number of H-pyrrole nitrogens is 1. The molecule has 5 nitrogen and oxygen atoms in total. The van der Waals surface area contributed by atoms with Crippen molar-refractivity contribution in [2.24, 2.45) is 0 Å². The zero-order valence-electron chi connectivity index (χ0n) is 15.0. The van der Waals surface area contributed by atoms with Crippen LogP contribution in [0, 0.1) is 13.8 Å². The van der Waals surface area contributed by atoms with E-state index >= 15 is 0 Å². The Morgan fingerprint density at radius 3 is 2.69 bits per heavy atom. The number of carbonyl (C=O) groups excluding carboxylic acids is 1. The normalized spacial score (nSPS) is 11.1. The lowest BCUT2D eigenvalue weighted by atomic mass is 10.2. The summed E-state index contributed by atoms with van der Waals surface area (Å²) in [4.78, 5) is 17.1. The maximum Gasteiger partial charge on any atom is 0.209 e. The van der Waals surface area contributed by atoms with Crippen molar-refractivity contribution in [3.8, 4) is 11.4 Å². The summed E-state index contributed by atoms with van der Waals surface area (Å²) in [5.41, 5.74) is 3.85. The molecular formula is C19H21ClN4OS. The highest BCUT2D eigenvalue weighted by Gasteiger charge is 2.16. The first-order chi connectivity index (χ1) is 12.5. The molecule has 0 atom stereocenters. The summed E-state index contributed by atoms with van der Waals surface area (Å²) in [6.07, 6.45) is 1.05. The van der Waals surface area contributed by atoms with E-state index in [0.29, 0.717) is 21.8 Å². The van der Waals surface area contributed by atoms with Crippen LogP contribution >= 0.6 is 23.4 Å². The molecule has 2 aromatic heterocycles. The number of ketones is 1. The number of Topliss-reactive ketones (excluding diaryl/α,β-unsaturated/α-hetero) is 1. The van der Waals surface area contributed by atoms with Gasteiger partial charge in [0.1, 0.15) is 0 Å². The minimum absolute atomic E-state index is 0.100. The summed E-state index contributed by atoms with van der Waals surface area (Å²) in [5.74, 6) is 1.08. The number of carbonyl (C=O) groups is 1. The van der Waals surface area contributed by atoms with Crippen molar-refractivity contribution < 1.29 is 4.79 Å². The molecule has 0 aliphatic rings. The third-order valence-corrected chi connectivity index (χ3v) is 5.34. The zero-order chi connectivity index (χ0) is 18.7. The van der Waals surface area contributed by atoms with Crippen molar-refractivity contribution in [2.75, 3.05) is 5.75 Å². The largest absolute Gasteiger partial charge is 0.348 e. The van der Waals surface area contributed by atoms with Crippen LogP contribution in [-0.2, 0) is 6.54 Å². The van der Waals surface area contributed by atoms with Crippen LogP contribution in [0.3, 0.4) is 0 Å². The second-order valence-corrected chi connectivity index (χ2v) is 7.50. The number of nitrogens with one attached hydrogen (secondary N) is 1. The Labute approximate surface area is 162 Å². The van der Waals surface area contributed by atoms with E-state index in [1.165, 1.54) is 11.8 Å². The van der Waals surface area contributed by atoms with Crippen LogP contribution in [0.1, 0.15) is 35.1 Å². The SMILES string of the molecule is CCCn1c(C)cc(C(=O)CSc2n[nH]c(-c3ccc(Cl)cc3)n2)c1C. The maximum atomic E-state index is 12.6. The van der Waals surface area contributed by atoms with Crippen molar-refractivity contribution >= 4 is 29.1 Å². The van der Waals surface area contributed by atoms with Gasteiger partial charge < -0.3 is 4.57 Å². The smallest absolute Gasteiger partial charge is 0.209 e. The number of thioether (sulfide) groups is 1. The molecule has 0 saturated carbocycles. The number of rotatable bonds is 7. The Morgan fingerprint density at radius 1 is 1.27 bits per heavy atom. The first kappa shape index (κ1) is 18.7. The highest BCUT2D eigenvalue weighted by Crippen LogP contribution is 2.23. The quantitative estimate of drug-likeness (QED) is 0.460. The molecular weight excluding hydrogens is 368 g/mol. The van der Waals surface area contributed by atoms with Gasteiger partial charge in [0.2, 0.25) is 5.16 Å². The summed E-state index contributed by atoms with van der Waals surface area (Å²) in [6.45, 7) is 7.12. The van der Waals surface area contributed by atoms with Crippen LogP contribution in [0.4, 0.5) is 0 Å². The summed E-state index contributed by atoms with van der Waals surface area (Å²) in [7, 11) is 0. The van der Waals surface area contributed by atoms with Crippen molar-refractivity contribution in [3.05, 3.63) is 52.3 Å². The monoisotopic (exact) mass is 388 g/mol. The molecule has 0 fully saturated rings. The molecule has 1 N–H and O–H groups in total. The van der Waals surface area contributed by atoms with Gasteiger partial charge in [0.15, 0.2) is 11.6 Å². The number of halogens is 1. The average Bonchev–Trinajstić information content (AvgIpc) is 3.21. The molecule has 0 saturated heterocycles. The summed E-state index contributed by atoms with van der Waals surface area (Å²) in [5, 5.41) is 8.33. The van der Waals surface area contributed by atoms with Crippen molar-refractivity contribution in [1.29, 1.82) is 0 Å². The number of benzene rings is 1. The van der Waals surface area contributed by atoms with Crippen molar-refractivity contribution in [3.63, 3.8) is 0 Å². The lowest BCUT2D eigenvalue weighted by molar-refractivity contribution is 0.102. The molecule has 0 bridgehead atoms. The van der Waals surface area contributed by atoms with E-state index in [1.54, 1.807) is 0 Å². The molecule has 0 spiro atoms. The van der Waals surface area contributed by atoms with Gasteiger partial charge in [-0.3, -0.25) is 9.89 Å². The van der Waals surface area contributed by atoms with Crippen molar-refractivity contribution in [1.82, 2.24) is 19.7 Å². The van der Waals surface area contributed by atoms with Gasteiger partial charge in [0.05, 0.1) is 5.75 Å². The summed E-state index contributed by atoms with van der Waals surface area (Å²) in [6, 6.07) is 9.35. The highest BCUT2D eigenvalue weighted by atomic mass is 35.5. The fraction of sp³-hybridized carbons (Fsp3) is 0.316. The van der Waals surface area contributed by atoms with Gasteiger partial charge in [0, 0.05) is 34.1 Å². The molecule has 3 rings (SSSR count). The maximum absolute atomic E-state index is 12.6. The zero-order valence-corrected chi connectivity index (χ0v) is 16.6. The van der Waals surface area contributed by atoms with Crippen LogP contribution in [0.2, 0.25) is 5.02 Å². The molecule has 3 aromatic rings. The van der Waals surface area contributed by atoms with Crippen LogP contribution in [0.25, 0.3) is 11.4 Å². The topological polar surface area (TPSA) is 63.6 Å². The van der Waals surface area contributed by atoms with E-state index in [9.17, 15) is 4.79 Å². The number of aromatic nitrogens is 4. The van der Waals surface area contributed by atoms with Gasteiger partial charge in [0.25, 0.3) is 0 Å².